The largest absolute Gasteiger partial charge is 0.495 e. The van der Waals surface area contributed by atoms with Gasteiger partial charge in [0.25, 0.3) is 11.8 Å². The Balaban J connectivity index is 1.95. The summed E-state index contributed by atoms with van der Waals surface area (Å²) >= 11 is 6.07. The summed E-state index contributed by atoms with van der Waals surface area (Å²) < 4.78 is 18.3. The molecule has 0 fully saturated rings. The Morgan fingerprint density at radius 1 is 1.08 bits per heavy atom. The zero-order valence-corrected chi connectivity index (χ0v) is 14.2. The highest BCUT2D eigenvalue weighted by molar-refractivity contribution is 6.53. The lowest BCUT2D eigenvalue weighted by Crippen LogP contribution is -2.32. The lowest BCUT2D eigenvalue weighted by molar-refractivity contribution is -0.120. The zero-order chi connectivity index (χ0) is 18.1. The maximum atomic E-state index is 13.1. The number of nitrogens with one attached hydrogen (secondary N) is 1. The molecular formula is C18H14ClFN2O3. The number of rotatable bonds is 4. The molecule has 1 aliphatic rings. The van der Waals surface area contributed by atoms with Gasteiger partial charge in [0.1, 0.15) is 22.3 Å². The molecule has 128 valence electrons. The number of nitrogens with zero attached hydrogens (tertiary/aromatic N) is 1. The van der Waals surface area contributed by atoms with Crippen LogP contribution < -0.4 is 15.0 Å². The second kappa shape index (κ2) is 6.57. The molecule has 0 radical (unpaired) electrons. The highest BCUT2D eigenvalue weighted by atomic mass is 35.5. The third-order valence-corrected chi connectivity index (χ3v) is 4.08. The van der Waals surface area contributed by atoms with E-state index in [2.05, 4.69) is 5.32 Å². The van der Waals surface area contributed by atoms with Gasteiger partial charge in [-0.2, -0.15) is 0 Å². The van der Waals surface area contributed by atoms with E-state index in [-0.39, 0.29) is 16.4 Å². The van der Waals surface area contributed by atoms with Crippen LogP contribution in [0.1, 0.15) is 5.56 Å². The Kier molecular flexibility index (Phi) is 4.46. The quantitative estimate of drug-likeness (QED) is 0.847. The summed E-state index contributed by atoms with van der Waals surface area (Å²) in [5.41, 5.74) is 1.63. The highest BCUT2D eigenvalue weighted by Crippen LogP contribution is 2.33. The molecule has 0 unspecified atom stereocenters. The molecule has 2 amide bonds. The Bertz CT molecular complexity index is 894. The molecule has 5 nitrogen and oxygen atoms in total. The molecule has 1 heterocycles. The third kappa shape index (κ3) is 3.08. The number of aryl methyl sites for hydroxylation is 1. The number of ether oxygens (including phenoxy) is 1. The number of anilines is 2. The van der Waals surface area contributed by atoms with E-state index < -0.39 is 17.6 Å². The summed E-state index contributed by atoms with van der Waals surface area (Å²) in [6.07, 6.45) is 0. The Labute approximate surface area is 148 Å². The van der Waals surface area contributed by atoms with Crippen LogP contribution in [-0.2, 0) is 9.59 Å². The third-order valence-electron chi connectivity index (χ3n) is 3.73. The van der Waals surface area contributed by atoms with E-state index in [1.54, 1.807) is 12.1 Å². The van der Waals surface area contributed by atoms with E-state index in [0.717, 1.165) is 10.5 Å². The molecule has 0 aromatic heterocycles. The second-order valence-corrected chi connectivity index (χ2v) is 5.82. The van der Waals surface area contributed by atoms with Crippen LogP contribution in [0.4, 0.5) is 15.8 Å². The topological polar surface area (TPSA) is 58.6 Å². The fraction of sp³-hybridized carbons (Fsp3) is 0.111. The van der Waals surface area contributed by atoms with E-state index >= 15 is 0 Å². The molecule has 2 aromatic rings. The molecule has 2 aromatic carbocycles. The van der Waals surface area contributed by atoms with Gasteiger partial charge in [0.2, 0.25) is 0 Å². The number of benzene rings is 2. The monoisotopic (exact) mass is 360 g/mol. The molecule has 3 rings (SSSR count). The zero-order valence-electron chi connectivity index (χ0n) is 13.5. The predicted octanol–water partition coefficient (Wildman–Crippen LogP) is 3.58. The van der Waals surface area contributed by atoms with Crippen LogP contribution >= 0.6 is 11.6 Å². The Morgan fingerprint density at radius 3 is 2.40 bits per heavy atom. The van der Waals surface area contributed by atoms with Gasteiger partial charge < -0.3 is 10.1 Å². The summed E-state index contributed by atoms with van der Waals surface area (Å²) in [5.74, 6) is -1.26. The first-order valence-corrected chi connectivity index (χ1v) is 7.76. The number of carbonyl (C=O) groups is 2. The summed E-state index contributed by atoms with van der Waals surface area (Å²) in [6, 6.07) is 10.4. The Hall–Kier alpha value is -2.86. The Morgan fingerprint density at radius 2 is 1.76 bits per heavy atom. The maximum Gasteiger partial charge on any atom is 0.283 e. The van der Waals surface area contributed by atoms with Crippen LogP contribution in [0.15, 0.2) is 53.2 Å². The molecular weight excluding hydrogens is 347 g/mol. The van der Waals surface area contributed by atoms with Crippen LogP contribution in [-0.4, -0.2) is 18.9 Å². The van der Waals surface area contributed by atoms with Gasteiger partial charge in [0, 0.05) is 0 Å². The summed E-state index contributed by atoms with van der Waals surface area (Å²) in [7, 11) is 1.50. The van der Waals surface area contributed by atoms with Crippen molar-refractivity contribution in [2.45, 2.75) is 6.92 Å². The summed E-state index contributed by atoms with van der Waals surface area (Å²) in [6.45, 7) is 1.88. The average molecular weight is 361 g/mol. The number of hydrogen-bond acceptors (Lipinski definition) is 4. The lowest BCUT2D eigenvalue weighted by atomic mass is 10.2. The maximum absolute atomic E-state index is 13.1. The van der Waals surface area contributed by atoms with E-state index in [4.69, 9.17) is 16.3 Å². The fourth-order valence-electron chi connectivity index (χ4n) is 2.49. The van der Waals surface area contributed by atoms with Crippen molar-refractivity contribution in [1.82, 2.24) is 0 Å². The first kappa shape index (κ1) is 17.0. The van der Waals surface area contributed by atoms with Gasteiger partial charge in [-0.3, -0.25) is 9.59 Å². The normalized spacial score (nSPS) is 14.3. The van der Waals surface area contributed by atoms with Crippen molar-refractivity contribution in [3.63, 3.8) is 0 Å². The molecule has 7 heteroatoms. The van der Waals surface area contributed by atoms with Gasteiger partial charge in [-0.25, -0.2) is 9.29 Å². The first-order chi connectivity index (χ1) is 11.9. The number of hydrogen-bond donors (Lipinski definition) is 1. The van der Waals surface area contributed by atoms with Crippen molar-refractivity contribution in [2.75, 3.05) is 17.3 Å². The van der Waals surface area contributed by atoms with Gasteiger partial charge in [-0.1, -0.05) is 17.7 Å². The molecule has 0 saturated heterocycles. The van der Waals surface area contributed by atoms with Crippen LogP contribution in [0.2, 0.25) is 0 Å². The predicted molar refractivity (Wildman–Crippen MR) is 93.1 cm³/mol. The SMILES string of the molecule is COc1ccc(C)cc1NC1=C(Cl)C(=O)N(c2ccc(F)cc2)C1=O. The lowest BCUT2D eigenvalue weighted by Gasteiger charge is -2.16. The first-order valence-electron chi connectivity index (χ1n) is 7.38. The number of carbonyl (C=O) groups excluding carboxylic acids is 2. The van der Waals surface area contributed by atoms with Gasteiger partial charge in [0.05, 0.1) is 18.5 Å². The molecule has 0 aliphatic carbocycles. The number of methoxy groups -OCH3 is 1. The van der Waals surface area contributed by atoms with Crippen molar-refractivity contribution in [3.8, 4) is 5.75 Å². The van der Waals surface area contributed by atoms with E-state index in [1.807, 2.05) is 13.0 Å². The van der Waals surface area contributed by atoms with E-state index in [0.29, 0.717) is 11.4 Å². The van der Waals surface area contributed by atoms with Gasteiger partial charge in [-0.15, -0.1) is 0 Å². The minimum Gasteiger partial charge on any atom is -0.495 e. The van der Waals surface area contributed by atoms with Gasteiger partial charge >= 0.3 is 0 Å². The van der Waals surface area contributed by atoms with Crippen LogP contribution in [0.3, 0.4) is 0 Å². The minimum absolute atomic E-state index is 0.0557. The molecule has 0 atom stereocenters. The molecule has 0 saturated carbocycles. The average Bonchev–Trinajstić information content (AvgIpc) is 2.80. The van der Waals surface area contributed by atoms with Gasteiger partial charge in [0.15, 0.2) is 0 Å². The molecule has 0 bridgehead atoms. The van der Waals surface area contributed by atoms with Crippen molar-refractivity contribution in [1.29, 1.82) is 0 Å². The summed E-state index contributed by atoms with van der Waals surface area (Å²) in [4.78, 5) is 25.9. The second-order valence-electron chi connectivity index (χ2n) is 5.44. The molecule has 1 aliphatic heterocycles. The van der Waals surface area contributed by atoms with Crippen molar-refractivity contribution >= 4 is 34.8 Å². The van der Waals surface area contributed by atoms with Gasteiger partial charge in [-0.05, 0) is 48.9 Å². The molecule has 1 N–H and O–H groups in total. The van der Waals surface area contributed by atoms with E-state index in [1.165, 1.54) is 31.4 Å². The van der Waals surface area contributed by atoms with E-state index in [9.17, 15) is 14.0 Å². The van der Waals surface area contributed by atoms with Crippen LogP contribution in [0, 0.1) is 12.7 Å². The highest BCUT2D eigenvalue weighted by Gasteiger charge is 2.39. The summed E-state index contributed by atoms with van der Waals surface area (Å²) in [5, 5.41) is 2.64. The molecule has 0 spiro atoms. The standard InChI is InChI=1S/C18H14ClFN2O3/c1-10-3-8-14(25-2)13(9-10)21-16-15(19)17(23)22(18(16)24)12-6-4-11(20)5-7-12/h3-9,21H,1-2H3. The van der Waals surface area contributed by atoms with Crippen molar-refractivity contribution in [3.05, 3.63) is 64.6 Å². The van der Waals surface area contributed by atoms with Crippen molar-refractivity contribution in [2.24, 2.45) is 0 Å². The number of imide groups is 1. The number of halogens is 2. The van der Waals surface area contributed by atoms with Crippen LogP contribution in [0.25, 0.3) is 0 Å². The molecule has 25 heavy (non-hydrogen) atoms. The fourth-order valence-corrected chi connectivity index (χ4v) is 2.70. The van der Waals surface area contributed by atoms with Crippen LogP contribution in [0.5, 0.6) is 5.75 Å². The number of amides is 2. The smallest absolute Gasteiger partial charge is 0.283 e. The minimum atomic E-state index is -0.674. The van der Waals surface area contributed by atoms with Crippen molar-refractivity contribution < 1.29 is 18.7 Å².